The van der Waals surface area contributed by atoms with Gasteiger partial charge in [0.25, 0.3) is 0 Å². The number of ether oxygens (including phenoxy) is 2. The molecule has 0 saturated carbocycles. The Balaban J connectivity index is 1.60. The SMILES string of the molecule is CCN1CCN(C(C)C2COc3ccccc3O2)CC1. The molecule has 2 heterocycles. The van der Waals surface area contributed by atoms with Crippen molar-refractivity contribution < 1.29 is 9.47 Å². The third kappa shape index (κ3) is 2.76. The molecule has 2 unspecified atom stereocenters. The van der Waals surface area contributed by atoms with Crippen LogP contribution in [0.2, 0.25) is 0 Å². The number of nitrogens with zero attached hydrogens (tertiary/aromatic N) is 2. The Morgan fingerprint density at radius 1 is 1.15 bits per heavy atom. The molecule has 0 aromatic heterocycles. The normalized spacial score (nSPS) is 25.4. The number of likely N-dealkylation sites (N-methyl/N-ethyl adjacent to an activating group) is 1. The lowest BCUT2D eigenvalue weighted by molar-refractivity contribution is 0.00264. The molecule has 2 aliphatic heterocycles. The van der Waals surface area contributed by atoms with Gasteiger partial charge < -0.3 is 14.4 Å². The number of fused-ring (bicyclic) bond motifs is 1. The van der Waals surface area contributed by atoms with Gasteiger partial charge in [0.1, 0.15) is 12.7 Å². The molecule has 0 aliphatic carbocycles. The highest BCUT2D eigenvalue weighted by Crippen LogP contribution is 2.32. The predicted molar refractivity (Wildman–Crippen MR) is 79.5 cm³/mol. The van der Waals surface area contributed by atoms with E-state index in [2.05, 4.69) is 23.6 Å². The molecule has 1 fully saturated rings. The van der Waals surface area contributed by atoms with E-state index in [1.807, 2.05) is 24.3 Å². The van der Waals surface area contributed by atoms with Crippen LogP contribution in [-0.2, 0) is 0 Å². The molecule has 0 amide bonds. The van der Waals surface area contributed by atoms with Gasteiger partial charge in [-0.25, -0.2) is 0 Å². The summed E-state index contributed by atoms with van der Waals surface area (Å²) >= 11 is 0. The molecule has 0 radical (unpaired) electrons. The van der Waals surface area contributed by atoms with Crippen molar-refractivity contribution in [3.63, 3.8) is 0 Å². The first kappa shape index (κ1) is 13.7. The smallest absolute Gasteiger partial charge is 0.161 e. The summed E-state index contributed by atoms with van der Waals surface area (Å²) in [6, 6.07) is 8.33. The molecule has 2 aliphatic rings. The van der Waals surface area contributed by atoms with E-state index < -0.39 is 0 Å². The maximum Gasteiger partial charge on any atom is 0.161 e. The maximum atomic E-state index is 6.12. The van der Waals surface area contributed by atoms with E-state index in [4.69, 9.17) is 9.47 Å². The summed E-state index contributed by atoms with van der Waals surface area (Å²) in [5.74, 6) is 1.74. The Labute approximate surface area is 121 Å². The van der Waals surface area contributed by atoms with E-state index in [-0.39, 0.29) is 6.10 Å². The monoisotopic (exact) mass is 276 g/mol. The van der Waals surface area contributed by atoms with Crippen LogP contribution in [0.4, 0.5) is 0 Å². The molecule has 4 heteroatoms. The van der Waals surface area contributed by atoms with Crippen LogP contribution in [0.1, 0.15) is 13.8 Å². The minimum absolute atomic E-state index is 0.123. The second kappa shape index (κ2) is 6.02. The predicted octanol–water partition coefficient (Wildman–Crippen LogP) is 1.85. The van der Waals surface area contributed by atoms with Crippen molar-refractivity contribution in [1.29, 1.82) is 0 Å². The van der Waals surface area contributed by atoms with Gasteiger partial charge in [0.05, 0.1) is 0 Å². The first-order valence-electron chi connectivity index (χ1n) is 7.63. The topological polar surface area (TPSA) is 24.9 Å². The third-order valence-electron chi connectivity index (χ3n) is 4.50. The van der Waals surface area contributed by atoms with Gasteiger partial charge in [-0.1, -0.05) is 19.1 Å². The molecule has 0 N–H and O–H groups in total. The Bertz CT molecular complexity index is 444. The average molecular weight is 276 g/mol. The highest BCUT2D eigenvalue weighted by atomic mass is 16.6. The molecule has 3 rings (SSSR count). The Kier molecular flexibility index (Phi) is 4.13. The van der Waals surface area contributed by atoms with Crippen LogP contribution in [0, 0.1) is 0 Å². The van der Waals surface area contributed by atoms with Crippen molar-refractivity contribution in [2.45, 2.75) is 26.0 Å². The lowest BCUT2D eigenvalue weighted by Crippen LogP contribution is -2.55. The Hall–Kier alpha value is -1.26. The molecule has 1 aromatic rings. The number of hydrogen-bond donors (Lipinski definition) is 0. The van der Waals surface area contributed by atoms with Gasteiger partial charge in [0.15, 0.2) is 11.5 Å². The molecule has 0 bridgehead atoms. The molecule has 20 heavy (non-hydrogen) atoms. The van der Waals surface area contributed by atoms with Crippen molar-refractivity contribution in [3.8, 4) is 11.5 Å². The molecule has 0 spiro atoms. The zero-order valence-corrected chi connectivity index (χ0v) is 12.4. The highest BCUT2D eigenvalue weighted by Gasteiger charge is 2.31. The third-order valence-corrected chi connectivity index (χ3v) is 4.50. The summed E-state index contributed by atoms with van der Waals surface area (Å²) in [5.41, 5.74) is 0. The van der Waals surface area contributed by atoms with Crippen LogP contribution in [0.15, 0.2) is 24.3 Å². The Morgan fingerprint density at radius 2 is 1.85 bits per heavy atom. The summed E-state index contributed by atoms with van der Waals surface area (Å²) in [4.78, 5) is 5.02. The van der Waals surface area contributed by atoms with Crippen LogP contribution in [-0.4, -0.2) is 61.3 Å². The fourth-order valence-electron chi connectivity index (χ4n) is 3.00. The zero-order valence-electron chi connectivity index (χ0n) is 12.4. The van der Waals surface area contributed by atoms with E-state index in [9.17, 15) is 0 Å². The summed E-state index contributed by atoms with van der Waals surface area (Å²) in [5, 5.41) is 0. The quantitative estimate of drug-likeness (QED) is 0.841. The van der Waals surface area contributed by atoms with Gasteiger partial charge in [-0.05, 0) is 25.6 Å². The molecular formula is C16H24N2O2. The van der Waals surface area contributed by atoms with Gasteiger partial charge in [-0.2, -0.15) is 0 Å². The van der Waals surface area contributed by atoms with E-state index in [1.54, 1.807) is 0 Å². The molecule has 4 nitrogen and oxygen atoms in total. The number of piperazine rings is 1. The van der Waals surface area contributed by atoms with Crippen LogP contribution in [0.5, 0.6) is 11.5 Å². The largest absolute Gasteiger partial charge is 0.486 e. The van der Waals surface area contributed by atoms with E-state index in [1.165, 1.54) is 0 Å². The maximum absolute atomic E-state index is 6.12. The van der Waals surface area contributed by atoms with Gasteiger partial charge in [-0.15, -0.1) is 0 Å². The number of para-hydroxylation sites is 2. The van der Waals surface area contributed by atoms with Crippen LogP contribution < -0.4 is 9.47 Å². The average Bonchev–Trinajstić information content (AvgIpc) is 2.54. The molecule has 1 aromatic carbocycles. The molecular weight excluding hydrogens is 252 g/mol. The minimum atomic E-state index is 0.123. The first-order chi connectivity index (χ1) is 9.78. The van der Waals surface area contributed by atoms with E-state index in [0.29, 0.717) is 12.6 Å². The van der Waals surface area contributed by atoms with Gasteiger partial charge in [-0.3, -0.25) is 4.90 Å². The summed E-state index contributed by atoms with van der Waals surface area (Å²) in [7, 11) is 0. The molecule has 2 atom stereocenters. The van der Waals surface area contributed by atoms with Crippen LogP contribution in [0.3, 0.4) is 0 Å². The van der Waals surface area contributed by atoms with Gasteiger partial charge in [0.2, 0.25) is 0 Å². The fourth-order valence-corrected chi connectivity index (χ4v) is 3.00. The second-order valence-corrected chi connectivity index (χ2v) is 5.62. The van der Waals surface area contributed by atoms with Crippen molar-refractivity contribution in [2.24, 2.45) is 0 Å². The van der Waals surface area contributed by atoms with Crippen LogP contribution in [0.25, 0.3) is 0 Å². The second-order valence-electron chi connectivity index (χ2n) is 5.62. The molecule has 1 saturated heterocycles. The van der Waals surface area contributed by atoms with Gasteiger partial charge >= 0.3 is 0 Å². The van der Waals surface area contributed by atoms with Gasteiger partial charge in [0, 0.05) is 32.2 Å². The minimum Gasteiger partial charge on any atom is -0.486 e. The van der Waals surface area contributed by atoms with Crippen molar-refractivity contribution in [2.75, 3.05) is 39.3 Å². The molecule has 110 valence electrons. The van der Waals surface area contributed by atoms with E-state index >= 15 is 0 Å². The van der Waals surface area contributed by atoms with E-state index in [0.717, 1.165) is 44.2 Å². The van der Waals surface area contributed by atoms with Crippen molar-refractivity contribution in [1.82, 2.24) is 9.80 Å². The first-order valence-corrected chi connectivity index (χ1v) is 7.63. The number of hydrogen-bond acceptors (Lipinski definition) is 4. The summed E-state index contributed by atoms with van der Waals surface area (Å²) < 4.78 is 11.9. The zero-order chi connectivity index (χ0) is 13.9. The Morgan fingerprint density at radius 3 is 2.55 bits per heavy atom. The fraction of sp³-hybridized carbons (Fsp3) is 0.625. The highest BCUT2D eigenvalue weighted by molar-refractivity contribution is 5.40. The number of rotatable bonds is 3. The summed E-state index contributed by atoms with van der Waals surface area (Å²) in [6.45, 7) is 10.8. The lowest BCUT2D eigenvalue weighted by Gasteiger charge is -2.41. The standard InChI is InChI=1S/C16H24N2O2/c1-3-17-8-10-18(11-9-17)13(2)16-12-19-14-6-4-5-7-15(14)20-16/h4-7,13,16H,3,8-12H2,1-2H3. The van der Waals surface area contributed by atoms with Crippen molar-refractivity contribution >= 4 is 0 Å². The number of benzene rings is 1. The van der Waals surface area contributed by atoms with Crippen LogP contribution >= 0.6 is 0 Å². The lowest BCUT2D eigenvalue weighted by atomic mass is 10.1. The summed E-state index contributed by atoms with van der Waals surface area (Å²) in [6.07, 6.45) is 0.123. The van der Waals surface area contributed by atoms with Crippen molar-refractivity contribution in [3.05, 3.63) is 24.3 Å².